The van der Waals surface area contributed by atoms with Gasteiger partial charge in [0.2, 0.25) is 11.7 Å². The molecule has 1 aromatic rings. The number of aromatic nitrogens is 2. The summed E-state index contributed by atoms with van der Waals surface area (Å²) in [6, 6.07) is -0.0816. The second kappa shape index (κ2) is 6.30. The Kier molecular flexibility index (Phi) is 5.03. The molecule has 1 amide bonds. The highest BCUT2D eigenvalue weighted by molar-refractivity contribution is 6.27. The number of ketones is 1. The SMILES string of the molecule is CC(C)N(CC(=O)c1cnccn1)C(=O)CCl. The number of rotatable bonds is 5. The highest BCUT2D eigenvalue weighted by Crippen LogP contribution is 2.03. The molecule has 92 valence electrons. The summed E-state index contributed by atoms with van der Waals surface area (Å²) in [7, 11) is 0. The van der Waals surface area contributed by atoms with E-state index in [0.717, 1.165) is 0 Å². The van der Waals surface area contributed by atoms with E-state index in [0.29, 0.717) is 0 Å². The highest BCUT2D eigenvalue weighted by atomic mass is 35.5. The number of amides is 1. The van der Waals surface area contributed by atoms with Crippen LogP contribution in [0.15, 0.2) is 18.6 Å². The van der Waals surface area contributed by atoms with Gasteiger partial charge in [0, 0.05) is 18.4 Å². The van der Waals surface area contributed by atoms with E-state index in [4.69, 9.17) is 11.6 Å². The molecule has 1 aromatic heterocycles. The summed E-state index contributed by atoms with van der Waals surface area (Å²) in [5, 5.41) is 0. The second-order valence-electron chi connectivity index (χ2n) is 3.76. The molecular weight excluding hydrogens is 242 g/mol. The van der Waals surface area contributed by atoms with E-state index >= 15 is 0 Å². The van der Waals surface area contributed by atoms with Crippen molar-refractivity contribution in [2.75, 3.05) is 12.4 Å². The first-order valence-corrected chi connectivity index (χ1v) is 5.74. The first-order valence-electron chi connectivity index (χ1n) is 5.21. The highest BCUT2D eigenvalue weighted by Gasteiger charge is 2.20. The summed E-state index contributed by atoms with van der Waals surface area (Å²) in [4.78, 5) is 32.5. The fraction of sp³-hybridized carbons (Fsp3) is 0.455. The van der Waals surface area contributed by atoms with Crippen LogP contribution in [0, 0.1) is 0 Å². The van der Waals surface area contributed by atoms with Gasteiger partial charge < -0.3 is 4.90 Å². The minimum Gasteiger partial charge on any atom is -0.331 e. The molecule has 0 aliphatic rings. The maximum Gasteiger partial charge on any atom is 0.238 e. The quantitative estimate of drug-likeness (QED) is 0.585. The van der Waals surface area contributed by atoms with E-state index in [1.807, 2.05) is 13.8 Å². The average molecular weight is 256 g/mol. The number of carbonyl (C=O) groups is 2. The van der Waals surface area contributed by atoms with Gasteiger partial charge in [0.15, 0.2) is 0 Å². The molecule has 0 unspecified atom stereocenters. The van der Waals surface area contributed by atoms with E-state index in [2.05, 4.69) is 9.97 Å². The van der Waals surface area contributed by atoms with Crippen molar-refractivity contribution in [1.82, 2.24) is 14.9 Å². The summed E-state index contributed by atoms with van der Waals surface area (Å²) in [5.41, 5.74) is 0.250. The molecule has 6 heteroatoms. The zero-order valence-corrected chi connectivity index (χ0v) is 10.5. The lowest BCUT2D eigenvalue weighted by Gasteiger charge is -2.24. The molecule has 0 bridgehead atoms. The number of halogens is 1. The number of nitrogens with zero attached hydrogens (tertiary/aromatic N) is 3. The summed E-state index contributed by atoms with van der Waals surface area (Å²) < 4.78 is 0. The van der Waals surface area contributed by atoms with Gasteiger partial charge in [-0.1, -0.05) is 0 Å². The molecule has 1 heterocycles. The zero-order valence-electron chi connectivity index (χ0n) is 9.76. The Balaban J connectivity index is 2.75. The summed E-state index contributed by atoms with van der Waals surface area (Å²) in [6.45, 7) is 3.63. The predicted molar refractivity (Wildman–Crippen MR) is 63.9 cm³/mol. The summed E-state index contributed by atoms with van der Waals surface area (Å²) in [5.74, 6) is -0.643. The van der Waals surface area contributed by atoms with E-state index in [-0.39, 0.29) is 35.9 Å². The Hall–Kier alpha value is -1.49. The second-order valence-corrected chi connectivity index (χ2v) is 4.03. The van der Waals surface area contributed by atoms with Crippen LogP contribution in [-0.4, -0.2) is 45.0 Å². The van der Waals surface area contributed by atoms with Crippen molar-refractivity contribution in [2.24, 2.45) is 0 Å². The van der Waals surface area contributed by atoms with Crippen molar-refractivity contribution in [1.29, 1.82) is 0 Å². The molecule has 5 nitrogen and oxygen atoms in total. The number of alkyl halides is 1. The molecule has 0 aromatic carbocycles. The molecule has 0 saturated carbocycles. The van der Waals surface area contributed by atoms with Crippen LogP contribution >= 0.6 is 11.6 Å². The monoisotopic (exact) mass is 255 g/mol. The van der Waals surface area contributed by atoms with Crippen molar-refractivity contribution < 1.29 is 9.59 Å². The first-order chi connectivity index (χ1) is 8.06. The topological polar surface area (TPSA) is 63.2 Å². The summed E-state index contributed by atoms with van der Waals surface area (Å²) >= 11 is 5.49. The average Bonchev–Trinajstić information content (AvgIpc) is 2.35. The van der Waals surface area contributed by atoms with Crippen LogP contribution in [-0.2, 0) is 4.79 Å². The van der Waals surface area contributed by atoms with E-state index in [9.17, 15) is 9.59 Å². The smallest absolute Gasteiger partial charge is 0.238 e. The molecule has 1 rings (SSSR count). The number of Topliss-reactive ketones (excluding diaryl/α,β-unsaturated/α-hetero) is 1. The lowest BCUT2D eigenvalue weighted by atomic mass is 10.2. The van der Waals surface area contributed by atoms with Gasteiger partial charge in [-0.05, 0) is 13.8 Å². The lowest BCUT2D eigenvalue weighted by molar-refractivity contribution is -0.129. The number of hydrogen-bond donors (Lipinski definition) is 0. The van der Waals surface area contributed by atoms with Gasteiger partial charge >= 0.3 is 0 Å². The molecule has 0 fully saturated rings. The molecule has 0 radical (unpaired) electrons. The molecular formula is C11H14ClN3O2. The Morgan fingerprint density at radius 2 is 2.12 bits per heavy atom. The van der Waals surface area contributed by atoms with Crippen LogP contribution in [0.4, 0.5) is 0 Å². The van der Waals surface area contributed by atoms with E-state index in [1.165, 1.54) is 23.5 Å². The van der Waals surface area contributed by atoms with Crippen LogP contribution in [0.1, 0.15) is 24.3 Å². The fourth-order valence-electron chi connectivity index (χ4n) is 1.31. The van der Waals surface area contributed by atoms with Crippen LogP contribution < -0.4 is 0 Å². The van der Waals surface area contributed by atoms with Crippen molar-refractivity contribution in [3.63, 3.8) is 0 Å². The molecule has 0 N–H and O–H groups in total. The van der Waals surface area contributed by atoms with Crippen molar-refractivity contribution >= 4 is 23.3 Å². The van der Waals surface area contributed by atoms with E-state index in [1.54, 1.807) is 0 Å². The maximum absolute atomic E-state index is 11.8. The van der Waals surface area contributed by atoms with Crippen LogP contribution in [0.25, 0.3) is 0 Å². The molecule has 0 aliphatic carbocycles. The largest absolute Gasteiger partial charge is 0.331 e. The van der Waals surface area contributed by atoms with Gasteiger partial charge in [-0.3, -0.25) is 14.6 Å². The third-order valence-electron chi connectivity index (χ3n) is 2.22. The molecule has 17 heavy (non-hydrogen) atoms. The third kappa shape index (κ3) is 3.78. The van der Waals surface area contributed by atoms with Crippen molar-refractivity contribution in [3.8, 4) is 0 Å². The van der Waals surface area contributed by atoms with Crippen LogP contribution in [0.5, 0.6) is 0 Å². The van der Waals surface area contributed by atoms with Gasteiger partial charge in [-0.25, -0.2) is 4.98 Å². The van der Waals surface area contributed by atoms with Crippen LogP contribution in [0.3, 0.4) is 0 Å². The molecule has 0 atom stereocenters. The van der Waals surface area contributed by atoms with Gasteiger partial charge in [0.1, 0.15) is 11.6 Å². The predicted octanol–water partition coefficient (Wildman–Crippen LogP) is 1.14. The first kappa shape index (κ1) is 13.6. The Morgan fingerprint density at radius 1 is 1.41 bits per heavy atom. The van der Waals surface area contributed by atoms with Crippen molar-refractivity contribution in [2.45, 2.75) is 19.9 Å². The van der Waals surface area contributed by atoms with E-state index < -0.39 is 0 Å². The number of carbonyl (C=O) groups excluding carboxylic acids is 2. The summed E-state index contributed by atoms with van der Waals surface area (Å²) in [6.07, 6.45) is 4.31. The van der Waals surface area contributed by atoms with Gasteiger partial charge in [-0.15, -0.1) is 11.6 Å². The Morgan fingerprint density at radius 3 is 2.59 bits per heavy atom. The van der Waals surface area contributed by atoms with Gasteiger partial charge in [0.05, 0.1) is 12.7 Å². The minimum atomic E-state index is -0.265. The standard InChI is InChI=1S/C11H14ClN3O2/c1-8(2)15(11(17)5-12)7-10(16)9-6-13-3-4-14-9/h3-4,6,8H,5,7H2,1-2H3. The lowest BCUT2D eigenvalue weighted by Crippen LogP contribution is -2.41. The van der Waals surface area contributed by atoms with Gasteiger partial charge in [0.25, 0.3) is 0 Å². The molecule has 0 saturated heterocycles. The molecule has 0 spiro atoms. The zero-order chi connectivity index (χ0) is 12.8. The Labute approximate surface area is 105 Å². The van der Waals surface area contributed by atoms with Gasteiger partial charge in [-0.2, -0.15) is 0 Å². The minimum absolute atomic E-state index is 0.0259. The van der Waals surface area contributed by atoms with Crippen molar-refractivity contribution in [3.05, 3.63) is 24.3 Å². The molecule has 0 aliphatic heterocycles. The Bertz CT molecular complexity index is 395. The third-order valence-corrected chi connectivity index (χ3v) is 2.45. The van der Waals surface area contributed by atoms with Crippen LogP contribution in [0.2, 0.25) is 0 Å². The maximum atomic E-state index is 11.8. The number of hydrogen-bond acceptors (Lipinski definition) is 4. The fourth-order valence-corrected chi connectivity index (χ4v) is 1.47. The normalized spacial score (nSPS) is 10.4.